The summed E-state index contributed by atoms with van der Waals surface area (Å²) in [6, 6.07) is 5.65. The maximum Gasteiger partial charge on any atom is 0.157 e. The third-order valence-corrected chi connectivity index (χ3v) is 5.19. The molecule has 100 valence electrons. The van der Waals surface area contributed by atoms with Crippen LogP contribution in [0.15, 0.2) is 18.5 Å². The summed E-state index contributed by atoms with van der Waals surface area (Å²) < 4.78 is 1.99. The zero-order valence-electron chi connectivity index (χ0n) is 11.0. The molecule has 0 spiro atoms. The Morgan fingerprint density at radius 1 is 1.21 bits per heavy atom. The van der Waals surface area contributed by atoms with Gasteiger partial charge in [-0.3, -0.25) is 0 Å². The number of rotatable bonds is 1. The molecule has 19 heavy (non-hydrogen) atoms. The zero-order valence-corrected chi connectivity index (χ0v) is 12.5. The molecule has 5 heteroatoms. The van der Waals surface area contributed by atoms with Crippen LogP contribution in [0.3, 0.4) is 0 Å². The van der Waals surface area contributed by atoms with Crippen molar-refractivity contribution in [3.8, 4) is 0 Å². The van der Waals surface area contributed by atoms with Crippen molar-refractivity contribution in [1.82, 2.24) is 14.6 Å². The Kier molecular flexibility index (Phi) is 2.59. The van der Waals surface area contributed by atoms with Crippen LogP contribution in [-0.4, -0.2) is 31.5 Å². The van der Waals surface area contributed by atoms with Crippen molar-refractivity contribution in [2.75, 3.05) is 4.90 Å². The van der Waals surface area contributed by atoms with E-state index in [1.807, 2.05) is 4.52 Å². The van der Waals surface area contributed by atoms with Crippen LogP contribution in [0.1, 0.15) is 31.2 Å². The summed E-state index contributed by atoms with van der Waals surface area (Å²) in [5, 5.41) is 4.40. The first-order chi connectivity index (χ1) is 9.22. The molecular formula is C14H17BrN4. The molecule has 2 aliphatic heterocycles. The van der Waals surface area contributed by atoms with Crippen LogP contribution < -0.4 is 4.90 Å². The number of pyridine rings is 1. The number of aryl methyl sites for hydroxylation is 1. The van der Waals surface area contributed by atoms with Crippen LogP contribution >= 0.6 is 15.9 Å². The average molecular weight is 321 g/mol. The van der Waals surface area contributed by atoms with Gasteiger partial charge in [0.15, 0.2) is 5.65 Å². The fourth-order valence-electron chi connectivity index (χ4n) is 3.70. The van der Waals surface area contributed by atoms with Crippen molar-refractivity contribution in [3.63, 3.8) is 0 Å². The highest BCUT2D eigenvalue weighted by Gasteiger charge is 2.41. The minimum absolute atomic E-state index is 0.650. The third kappa shape index (κ3) is 1.78. The molecular weight excluding hydrogens is 304 g/mol. The van der Waals surface area contributed by atoms with E-state index in [0.29, 0.717) is 16.9 Å². The first kappa shape index (κ1) is 11.7. The number of alkyl halides is 1. The van der Waals surface area contributed by atoms with Crippen LogP contribution in [0.2, 0.25) is 0 Å². The second-order valence-electron chi connectivity index (χ2n) is 5.78. The largest absolute Gasteiger partial charge is 0.350 e. The standard InChI is InChI=1S/C14H17BrN4/c1-9-4-13-16-8-17-19(13)14(5-9)18-11-2-3-12(18)7-10(15)6-11/h4-5,8,10-12H,2-3,6-7H2,1H3. The molecule has 0 saturated carbocycles. The predicted molar refractivity (Wildman–Crippen MR) is 79.0 cm³/mol. The quantitative estimate of drug-likeness (QED) is 0.757. The lowest BCUT2D eigenvalue weighted by Gasteiger charge is -2.38. The lowest BCUT2D eigenvalue weighted by molar-refractivity contribution is 0.476. The summed E-state index contributed by atoms with van der Waals surface area (Å²) in [6.45, 7) is 2.14. The van der Waals surface area contributed by atoms with E-state index in [1.54, 1.807) is 6.33 Å². The van der Waals surface area contributed by atoms with Crippen LogP contribution in [-0.2, 0) is 0 Å². The Balaban J connectivity index is 1.84. The first-order valence-electron chi connectivity index (χ1n) is 6.95. The summed E-state index contributed by atoms with van der Waals surface area (Å²) in [7, 11) is 0. The minimum Gasteiger partial charge on any atom is -0.350 e. The van der Waals surface area contributed by atoms with Crippen molar-refractivity contribution in [2.24, 2.45) is 0 Å². The maximum absolute atomic E-state index is 4.40. The van der Waals surface area contributed by atoms with Gasteiger partial charge in [0.1, 0.15) is 12.1 Å². The van der Waals surface area contributed by atoms with Crippen LogP contribution in [0.25, 0.3) is 5.65 Å². The molecule has 2 unspecified atom stereocenters. The highest BCUT2D eigenvalue weighted by molar-refractivity contribution is 9.09. The van der Waals surface area contributed by atoms with Gasteiger partial charge < -0.3 is 4.90 Å². The summed E-state index contributed by atoms with van der Waals surface area (Å²) >= 11 is 3.80. The summed E-state index contributed by atoms with van der Waals surface area (Å²) in [4.78, 5) is 7.60. The molecule has 2 atom stereocenters. The molecule has 2 aromatic rings. The number of hydrogen-bond donors (Lipinski definition) is 0. The second-order valence-corrected chi connectivity index (χ2v) is 7.08. The molecule has 2 saturated heterocycles. The molecule has 2 fully saturated rings. The van der Waals surface area contributed by atoms with Gasteiger partial charge in [0, 0.05) is 16.9 Å². The van der Waals surface area contributed by atoms with Gasteiger partial charge in [-0.15, -0.1) is 0 Å². The van der Waals surface area contributed by atoms with Gasteiger partial charge in [-0.05, 0) is 50.3 Å². The fourth-order valence-corrected chi connectivity index (χ4v) is 4.57. The number of hydrogen-bond acceptors (Lipinski definition) is 3. The van der Waals surface area contributed by atoms with Crippen molar-refractivity contribution < 1.29 is 0 Å². The zero-order chi connectivity index (χ0) is 13.0. The van der Waals surface area contributed by atoms with Crippen molar-refractivity contribution >= 4 is 27.4 Å². The normalized spacial score (nSPS) is 30.2. The van der Waals surface area contributed by atoms with E-state index in [2.05, 4.69) is 50.0 Å². The molecule has 0 N–H and O–H groups in total. The topological polar surface area (TPSA) is 33.4 Å². The molecule has 2 aliphatic rings. The molecule has 0 amide bonds. The van der Waals surface area contributed by atoms with E-state index in [9.17, 15) is 0 Å². The fraction of sp³-hybridized carbons (Fsp3) is 0.571. The highest BCUT2D eigenvalue weighted by atomic mass is 79.9. The van der Waals surface area contributed by atoms with Crippen molar-refractivity contribution in [3.05, 3.63) is 24.0 Å². The maximum atomic E-state index is 4.40. The van der Waals surface area contributed by atoms with E-state index in [-0.39, 0.29) is 0 Å². The Hall–Kier alpha value is -1.10. The summed E-state index contributed by atoms with van der Waals surface area (Å²) in [5.74, 6) is 1.22. The number of piperidine rings is 1. The number of fused-ring (bicyclic) bond motifs is 3. The second kappa shape index (κ2) is 4.20. The molecule has 2 aromatic heterocycles. The molecule has 0 aromatic carbocycles. The van der Waals surface area contributed by atoms with Gasteiger partial charge in [0.25, 0.3) is 0 Å². The van der Waals surface area contributed by atoms with E-state index in [0.717, 1.165) is 5.65 Å². The van der Waals surface area contributed by atoms with Gasteiger partial charge in [-0.1, -0.05) is 15.9 Å². The molecule has 2 bridgehead atoms. The van der Waals surface area contributed by atoms with Crippen molar-refractivity contribution in [2.45, 2.75) is 49.5 Å². The monoisotopic (exact) mass is 320 g/mol. The van der Waals surface area contributed by atoms with Gasteiger partial charge in [-0.2, -0.15) is 9.61 Å². The molecule has 0 aliphatic carbocycles. The van der Waals surface area contributed by atoms with E-state index in [4.69, 9.17) is 0 Å². The average Bonchev–Trinajstić information content (AvgIpc) is 2.92. The van der Waals surface area contributed by atoms with Gasteiger partial charge in [-0.25, -0.2) is 4.98 Å². The first-order valence-corrected chi connectivity index (χ1v) is 7.87. The molecule has 4 heterocycles. The SMILES string of the molecule is Cc1cc(N2C3CCC2CC(Br)C3)n2ncnc2c1. The lowest BCUT2D eigenvalue weighted by atomic mass is 10.0. The Morgan fingerprint density at radius 2 is 1.95 bits per heavy atom. The van der Waals surface area contributed by atoms with E-state index in [1.165, 1.54) is 37.1 Å². The summed E-state index contributed by atoms with van der Waals surface area (Å²) in [6.07, 6.45) is 6.73. The minimum atomic E-state index is 0.650. The van der Waals surface area contributed by atoms with Gasteiger partial charge in [0.2, 0.25) is 0 Å². The van der Waals surface area contributed by atoms with Crippen LogP contribution in [0.5, 0.6) is 0 Å². The number of anilines is 1. The smallest absolute Gasteiger partial charge is 0.157 e. The Morgan fingerprint density at radius 3 is 2.68 bits per heavy atom. The Labute approximate surface area is 120 Å². The number of halogens is 1. The molecule has 4 rings (SSSR count). The van der Waals surface area contributed by atoms with Crippen LogP contribution in [0, 0.1) is 6.92 Å². The summed E-state index contributed by atoms with van der Waals surface area (Å²) in [5.41, 5.74) is 2.21. The van der Waals surface area contributed by atoms with Gasteiger partial charge >= 0.3 is 0 Å². The Bertz CT molecular complexity index is 609. The number of nitrogens with zero attached hydrogens (tertiary/aromatic N) is 4. The third-order valence-electron chi connectivity index (χ3n) is 4.44. The molecule has 4 nitrogen and oxygen atoms in total. The number of aromatic nitrogens is 3. The lowest BCUT2D eigenvalue weighted by Crippen LogP contribution is -2.44. The highest BCUT2D eigenvalue weighted by Crippen LogP contribution is 2.41. The predicted octanol–water partition coefficient (Wildman–Crippen LogP) is 2.93. The van der Waals surface area contributed by atoms with Gasteiger partial charge in [0.05, 0.1) is 0 Å². The van der Waals surface area contributed by atoms with E-state index >= 15 is 0 Å². The van der Waals surface area contributed by atoms with Crippen LogP contribution in [0.4, 0.5) is 5.82 Å². The molecule has 0 radical (unpaired) electrons. The van der Waals surface area contributed by atoms with E-state index < -0.39 is 0 Å². The van der Waals surface area contributed by atoms with Crippen molar-refractivity contribution in [1.29, 1.82) is 0 Å².